The summed E-state index contributed by atoms with van der Waals surface area (Å²) in [4.78, 5) is 15.1. The molecule has 1 aromatic carbocycles. The predicted molar refractivity (Wildman–Crippen MR) is 74.2 cm³/mol. The number of carbonyl (C=O) groups excluding carboxylic acids is 1. The molecule has 1 aromatic heterocycles. The molecule has 3 nitrogen and oxygen atoms in total. The highest BCUT2D eigenvalue weighted by atomic mass is 79.9. The van der Waals surface area contributed by atoms with Crippen molar-refractivity contribution in [3.05, 3.63) is 63.9 Å². The van der Waals surface area contributed by atoms with Gasteiger partial charge in [-0.25, -0.2) is 9.37 Å². The first-order valence-corrected chi connectivity index (χ1v) is 6.64. The minimum atomic E-state index is -1.28. The zero-order valence-corrected chi connectivity index (χ0v) is 12.1. The molecular weight excluding hydrogens is 330 g/mol. The Kier molecular flexibility index (Phi) is 4.44. The standard InChI is InChI=1S/C14H11BrF2N2O/c1-8(9-2-4-10(15)5-3-9)19-14(20)11-6-7-18-13(17)12(11)16/h2-8H,1H3,(H,19,20)/t8-/m0/s1. The van der Waals surface area contributed by atoms with Crippen molar-refractivity contribution in [3.8, 4) is 0 Å². The number of amides is 1. The molecule has 0 spiro atoms. The first kappa shape index (κ1) is 14.6. The van der Waals surface area contributed by atoms with E-state index < -0.39 is 17.7 Å². The van der Waals surface area contributed by atoms with Gasteiger partial charge in [-0.15, -0.1) is 0 Å². The van der Waals surface area contributed by atoms with E-state index in [1.165, 1.54) is 0 Å². The lowest BCUT2D eigenvalue weighted by Crippen LogP contribution is -2.27. The smallest absolute Gasteiger partial charge is 0.254 e. The molecule has 0 unspecified atom stereocenters. The lowest BCUT2D eigenvalue weighted by Gasteiger charge is -2.14. The van der Waals surface area contributed by atoms with Crippen molar-refractivity contribution < 1.29 is 13.6 Å². The van der Waals surface area contributed by atoms with E-state index in [-0.39, 0.29) is 11.6 Å². The molecule has 1 atom stereocenters. The van der Waals surface area contributed by atoms with Crippen molar-refractivity contribution in [3.63, 3.8) is 0 Å². The fourth-order valence-electron chi connectivity index (χ4n) is 1.70. The SMILES string of the molecule is C[C@H](NC(=O)c1ccnc(F)c1F)c1ccc(Br)cc1. The molecule has 0 aliphatic heterocycles. The van der Waals surface area contributed by atoms with Gasteiger partial charge in [0, 0.05) is 10.7 Å². The van der Waals surface area contributed by atoms with Crippen LogP contribution in [0.4, 0.5) is 8.78 Å². The van der Waals surface area contributed by atoms with Crippen molar-refractivity contribution in [2.75, 3.05) is 0 Å². The van der Waals surface area contributed by atoms with Crippen LogP contribution in [0.15, 0.2) is 41.0 Å². The van der Waals surface area contributed by atoms with Gasteiger partial charge in [-0.1, -0.05) is 28.1 Å². The third kappa shape index (κ3) is 3.19. The lowest BCUT2D eigenvalue weighted by molar-refractivity contribution is 0.0934. The summed E-state index contributed by atoms with van der Waals surface area (Å²) in [6.07, 6.45) is 1.05. The Bertz CT molecular complexity index is 632. The summed E-state index contributed by atoms with van der Waals surface area (Å²) in [6.45, 7) is 1.76. The first-order valence-electron chi connectivity index (χ1n) is 5.85. The van der Waals surface area contributed by atoms with Gasteiger partial charge in [0.25, 0.3) is 5.91 Å². The van der Waals surface area contributed by atoms with Gasteiger partial charge >= 0.3 is 0 Å². The average Bonchev–Trinajstić information content (AvgIpc) is 2.42. The van der Waals surface area contributed by atoms with Gasteiger partial charge in [0.2, 0.25) is 5.95 Å². The molecule has 0 saturated carbocycles. The molecule has 1 heterocycles. The summed E-state index contributed by atoms with van der Waals surface area (Å²) in [5, 5.41) is 2.61. The van der Waals surface area contributed by atoms with Crippen LogP contribution >= 0.6 is 15.9 Å². The predicted octanol–water partition coefficient (Wildman–Crippen LogP) is 3.61. The third-order valence-corrected chi connectivity index (χ3v) is 3.34. The maximum Gasteiger partial charge on any atom is 0.254 e. The highest BCUT2D eigenvalue weighted by molar-refractivity contribution is 9.10. The Morgan fingerprint density at radius 1 is 1.25 bits per heavy atom. The average molecular weight is 341 g/mol. The summed E-state index contributed by atoms with van der Waals surface area (Å²) in [5.41, 5.74) is 0.498. The van der Waals surface area contributed by atoms with E-state index in [9.17, 15) is 13.6 Å². The van der Waals surface area contributed by atoms with E-state index >= 15 is 0 Å². The Morgan fingerprint density at radius 2 is 1.90 bits per heavy atom. The molecule has 0 radical (unpaired) electrons. The van der Waals surface area contributed by atoms with Crippen LogP contribution in [0.1, 0.15) is 28.9 Å². The second-order valence-corrected chi connectivity index (χ2v) is 5.13. The number of nitrogens with one attached hydrogen (secondary N) is 1. The lowest BCUT2D eigenvalue weighted by atomic mass is 10.1. The van der Waals surface area contributed by atoms with Crippen molar-refractivity contribution in [1.82, 2.24) is 10.3 Å². The number of hydrogen-bond acceptors (Lipinski definition) is 2. The molecule has 2 aromatic rings. The van der Waals surface area contributed by atoms with Gasteiger partial charge in [-0.2, -0.15) is 4.39 Å². The van der Waals surface area contributed by atoms with Gasteiger partial charge < -0.3 is 5.32 Å². The number of benzene rings is 1. The van der Waals surface area contributed by atoms with Crippen molar-refractivity contribution in [2.24, 2.45) is 0 Å². The first-order chi connectivity index (χ1) is 9.49. The van der Waals surface area contributed by atoms with Crippen LogP contribution in [0.25, 0.3) is 0 Å². The van der Waals surface area contributed by atoms with Crippen LogP contribution in [-0.4, -0.2) is 10.9 Å². The van der Waals surface area contributed by atoms with Crippen LogP contribution in [0.5, 0.6) is 0 Å². The van der Waals surface area contributed by atoms with Crippen LogP contribution in [0.2, 0.25) is 0 Å². The van der Waals surface area contributed by atoms with Gasteiger partial charge in [0.1, 0.15) is 0 Å². The number of pyridine rings is 1. The van der Waals surface area contributed by atoms with E-state index in [4.69, 9.17) is 0 Å². The zero-order chi connectivity index (χ0) is 14.7. The summed E-state index contributed by atoms with van der Waals surface area (Å²) >= 11 is 3.31. The van der Waals surface area contributed by atoms with Crippen LogP contribution < -0.4 is 5.32 Å². The second-order valence-electron chi connectivity index (χ2n) is 4.21. The monoisotopic (exact) mass is 340 g/mol. The summed E-state index contributed by atoms with van der Waals surface area (Å²) in [6, 6.07) is 8.15. The van der Waals surface area contributed by atoms with Gasteiger partial charge in [0.15, 0.2) is 5.82 Å². The Hall–Kier alpha value is -1.82. The van der Waals surface area contributed by atoms with Crippen LogP contribution in [0, 0.1) is 11.8 Å². The molecule has 2 rings (SSSR count). The maximum atomic E-state index is 13.5. The maximum absolute atomic E-state index is 13.5. The second kappa shape index (κ2) is 6.09. The van der Waals surface area contributed by atoms with Crippen LogP contribution in [0.3, 0.4) is 0 Å². The Morgan fingerprint density at radius 3 is 2.55 bits per heavy atom. The molecule has 104 valence electrons. The normalized spacial score (nSPS) is 12.0. The number of aromatic nitrogens is 1. The molecule has 1 N–H and O–H groups in total. The minimum absolute atomic E-state index is 0.328. The number of carbonyl (C=O) groups is 1. The van der Waals surface area contributed by atoms with Gasteiger partial charge in [-0.3, -0.25) is 4.79 Å². The summed E-state index contributed by atoms with van der Waals surface area (Å²) in [7, 11) is 0. The minimum Gasteiger partial charge on any atom is -0.345 e. The molecular formula is C14H11BrF2N2O. The van der Waals surface area contributed by atoms with Crippen molar-refractivity contribution in [1.29, 1.82) is 0 Å². The molecule has 6 heteroatoms. The van der Waals surface area contributed by atoms with E-state index in [1.54, 1.807) is 6.92 Å². The third-order valence-electron chi connectivity index (χ3n) is 2.81. The largest absolute Gasteiger partial charge is 0.345 e. The molecule has 0 saturated heterocycles. The van der Waals surface area contributed by atoms with E-state index in [0.29, 0.717) is 0 Å². The van der Waals surface area contributed by atoms with Crippen LogP contribution in [-0.2, 0) is 0 Å². The quantitative estimate of drug-likeness (QED) is 0.867. The number of hydrogen-bond donors (Lipinski definition) is 1. The molecule has 0 fully saturated rings. The topological polar surface area (TPSA) is 42.0 Å². The molecule has 20 heavy (non-hydrogen) atoms. The van der Waals surface area contributed by atoms with E-state index in [0.717, 1.165) is 22.3 Å². The number of rotatable bonds is 3. The van der Waals surface area contributed by atoms with Gasteiger partial charge in [-0.05, 0) is 30.7 Å². The Balaban J connectivity index is 2.15. The molecule has 1 amide bonds. The van der Waals surface area contributed by atoms with E-state index in [1.807, 2.05) is 24.3 Å². The Labute approximate surface area is 123 Å². The zero-order valence-electron chi connectivity index (χ0n) is 10.5. The molecule has 0 bridgehead atoms. The summed E-state index contributed by atoms with van der Waals surface area (Å²) in [5.74, 6) is -3.21. The summed E-state index contributed by atoms with van der Waals surface area (Å²) < 4.78 is 27.3. The van der Waals surface area contributed by atoms with Crippen molar-refractivity contribution >= 4 is 21.8 Å². The fraction of sp³-hybridized carbons (Fsp3) is 0.143. The van der Waals surface area contributed by atoms with Gasteiger partial charge in [0.05, 0.1) is 11.6 Å². The highest BCUT2D eigenvalue weighted by Gasteiger charge is 2.18. The van der Waals surface area contributed by atoms with E-state index in [2.05, 4.69) is 26.2 Å². The fourth-order valence-corrected chi connectivity index (χ4v) is 1.97. The van der Waals surface area contributed by atoms with Crippen molar-refractivity contribution in [2.45, 2.75) is 13.0 Å². The molecule has 0 aliphatic rings. The highest BCUT2D eigenvalue weighted by Crippen LogP contribution is 2.17. The number of nitrogens with zero attached hydrogens (tertiary/aromatic N) is 1. The number of halogens is 3. The molecule has 0 aliphatic carbocycles.